The van der Waals surface area contributed by atoms with Crippen molar-refractivity contribution in [3.63, 3.8) is 0 Å². The summed E-state index contributed by atoms with van der Waals surface area (Å²) in [7, 11) is 0. The number of carbonyl (C=O) groups is 1. The van der Waals surface area contributed by atoms with Crippen LogP contribution in [0.5, 0.6) is 0 Å². The summed E-state index contributed by atoms with van der Waals surface area (Å²) in [5, 5.41) is 0. The van der Waals surface area contributed by atoms with Crippen LogP contribution in [-0.4, -0.2) is 18.4 Å². The maximum absolute atomic E-state index is 12.3. The summed E-state index contributed by atoms with van der Waals surface area (Å²) < 4.78 is 11.3. The molecule has 2 rings (SSSR count). The smallest absolute Gasteiger partial charge is 0.431 e. The first-order valence-electron chi connectivity index (χ1n) is 9.66. The molecule has 2 unspecified atom stereocenters. The van der Waals surface area contributed by atoms with Crippen LogP contribution in [0.2, 0.25) is 0 Å². The molecule has 3 heteroatoms. The highest BCUT2D eigenvalue weighted by Gasteiger charge is 2.20. The third-order valence-corrected chi connectivity index (χ3v) is 4.36. The van der Waals surface area contributed by atoms with Crippen molar-refractivity contribution in [1.82, 2.24) is 0 Å². The predicted molar refractivity (Wildman–Crippen MR) is 105 cm³/mol. The fourth-order valence-corrected chi connectivity index (χ4v) is 3.10. The van der Waals surface area contributed by atoms with Gasteiger partial charge in [0, 0.05) is 12.8 Å². The molecule has 0 heterocycles. The van der Waals surface area contributed by atoms with E-state index in [0.29, 0.717) is 0 Å². The number of ether oxygens (including phenoxy) is 2. The van der Waals surface area contributed by atoms with Gasteiger partial charge in [0.15, 0.2) is 0 Å². The standard InChI is InChI=1S/C23H30O3/c1-3-11-21(17-19-13-7-5-8-14-19)25-23(24)26-22(12-4-2)18-20-15-9-6-10-16-20/h5-10,13-16,21-22H,3-4,11-12,17-18H2,1-2H3. The van der Waals surface area contributed by atoms with E-state index in [4.69, 9.17) is 9.47 Å². The molecule has 0 N–H and O–H groups in total. The molecule has 0 aliphatic rings. The Morgan fingerprint density at radius 3 is 1.46 bits per heavy atom. The van der Waals surface area contributed by atoms with Crippen LogP contribution < -0.4 is 0 Å². The molecule has 0 aliphatic heterocycles. The van der Waals surface area contributed by atoms with Crippen LogP contribution in [0.15, 0.2) is 60.7 Å². The first kappa shape index (κ1) is 20.0. The minimum absolute atomic E-state index is 0.145. The second-order valence-corrected chi connectivity index (χ2v) is 6.69. The van der Waals surface area contributed by atoms with Crippen molar-refractivity contribution in [2.24, 2.45) is 0 Å². The second kappa shape index (κ2) is 11.3. The van der Waals surface area contributed by atoms with Gasteiger partial charge in [-0.2, -0.15) is 0 Å². The molecule has 0 radical (unpaired) electrons. The Bertz CT molecular complexity index is 569. The lowest BCUT2D eigenvalue weighted by Gasteiger charge is -2.21. The van der Waals surface area contributed by atoms with Gasteiger partial charge in [-0.1, -0.05) is 87.4 Å². The van der Waals surface area contributed by atoms with E-state index in [9.17, 15) is 4.79 Å². The van der Waals surface area contributed by atoms with Crippen LogP contribution in [-0.2, 0) is 22.3 Å². The number of carbonyl (C=O) groups excluding carboxylic acids is 1. The molecule has 140 valence electrons. The van der Waals surface area contributed by atoms with E-state index in [-0.39, 0.29) is 12.2 Å². The normalized spacial score (nSPS) is 13.0. The molecule has 3 nitrogen and oxygen atoms in total. The molecule has 0 fully saturated rings. The van der Waals surface area contributed by atoms with E-state index >= 15 is 0 Å². The Hall–Kier alpha value is -2.29. The van der Waals surface area contributed by atoms with Gasteiger partial charge < -0.3 is 9.47 Å². The van der Waals surface area contributed by atoms with Crippen LogP contribution in [0, 0.1) is 0 Å². The van der Waals surface area contributed by atoms with Gasteiger partial charge in [-0.05, 0) is 24.0 Å². The number of hydrogen-bond donors (Lipinski definition) is 0. The van der Waals surface area contributed by atoms with Crippen LogP contribution in [0.4, 0.5) is 4.79 Å². The van der Waals surface area contributed by atoms with E-state index in [2.05, 4.69) is 38.1 Å². The van der Waals surface area contributed by atoms with E-state index < -0.39 is 6.16 Å². The van der Waals surface area contributed by atoms with Gasteiger partial charge in [0.05, 0.1) is 0 Å². The summed E-state index contributed by atoms with van der Waals surface area (Å²) in [6.45, 7) is 4.20. The van der Waals surface area contributed by atoms with E-state index in [1.54, 1.807) is 0 Å². The summed E-state index contributed by atoms with van der Waals surface area (Å²) >= 11 is 0. The van der Waals surface area contributed by atoms with Crippen molar-refractivity contribution in [2.45, 2.75) is 64.6 Å². The molecule has 0 saturated heterocycles. The predicted octanol–water partition coefficient (Wildman–Crippen LogP) is 5.96. The van der Waals surface area contributed by atoms with Crippen molar-refractivity contribution in [1.29, 1.82) is 0 Å². The highest BCUT2D eigenvalue weighted by atomic mass is 16.7. The molecular formula is C23H30O3. The van der Waals surface area contributed by atoms with Crippen molar-refractivity contribution in [3.8, 4) is 0 Å². The van der Waals surface area contributed by atoms with Gasteiger partial charge in [-0.15, -0.1) is 0 Å². The molecule has 0 aromatic heterocycles. The van der Waals surface area contributed by atoms with Crippen LogP contribution >= 0.6 is 0 Å². The molecule has 0 bridgehead atoms. The number of benzene rings is 2. The molecule has 0 amide bonds. The van der Waals surface area contributed by atoms with Crippen LogP contribution in [0.3, 0.4) is 0 Å². The Kier molecular flexibility index (Phi) is 8.74. The Labute approximate surface area is 157 Å². The highest BCUT2D eigenvalue weighted by Crippen LogP contribution is 2.15. The first-order valence-corrected chi connectivity index (χ1v) is 9.66. The highest BCUT2D eigenvalue weighted by molar-refractivity contribution is 5.60. The monoisotopic (exact) mass is 354 g/mol. The lowest BCUT2D eigenvalue weighted by molar-refractivity contribution is -0.00573. The first-order chi connectivity index (χ1) is 12.7. The third-order valence-electron chi connectivity index (χ3n) is 4.36. The van der Waals surface area contributed by atoms with Gasteiger partial charge in [-0.3, -0.25) is 0 Å². The summed E-state index contributed by atoms with van der Waals surface area (Å²) in [6.07, 6.45) is 4.21. The molecule has 2 atom stereocenters. The van der Waals surface area contributed by atoms with E-state index in [1.165, 1.54) is 11.1 Å². The Morgan fingerprint density at radius 2 is 1.12 bits per heavy atom. The quantitative estimate of drug-likeness (QED) is 0.494. The molecule has 0 saturated carbocycles. The third kappa shape index (κ3) is 7.30. The summed E-state index contributed by atoms with van der Waals surface area (Å²) in [6, 6.07) is 20.3. The number of rotatable bonds is 10. The zero-order chi connectivity index (χ0) is 18.6. The summed E-state index contributed by atoms with van der Waals surface area (Å²) in [5.74, 6) is 0. The Morgan fingerprint density at radius 1 is 0.731 bits per heavy atom. The summed E-state index contributed by atoms with van der Waals surface area (Å²) in [4.78, 5) is 12.3. The second-order valence-electron chi connectivity index (χ2n) is 6.69. The molecule has 2 aromatic rings. The SMILES string of the molecule is CCCC(Cc1ccccc1)OC(=O)OC(CCC)Cc1ccccc1. The van der Waals surface area contributed by atoms with Crippen LogP contribution in [0.1, 0.15) is 50.7 Å². The zero-order valence-electron chi connectivity index (χ0n) is 15.9. The summed E-state index contributed by atoms with van der Waals surface area (Å²) in [5.41, 5.74) is 2.35. The largest absolute Gasteiger partial charge is 0.508 e. The topological polar surface area (TPSA) is 35.5 Å². The minimum Gasteiger partial charge on any atom is -0.431 e. The van der Waals surface area contributed by atoms with Gasteiger partial charge in [0.2, 0.25) is 0 Å². The van der Waals surface area contributed by atoms with E-state index in [0.717, 1.165) is 38.5 Å². The average molecular weight is 354 g/mol. The van der Waals surface area contributed by atoms with Gasteiger partial charge in [-0.25, -0.2) is 4.79 Å². The lowest BCUT2D eigenvalue weighted by atomic mass is 10.0. The van der Waals surface area contributed by atoms with Crippen molar-refractivity contribution in [2.75, 3.05) is 0 Å². The van der Waals surface area contributed by atoms with Gasteiger partial charge >= 0.3 is 6.16 Å². The van der Waals surface area contributed by atoms with Crippen molar-refractivity contribution >= 4 is 6.16 Å². The number of hydrogen-bond acceptors (Lipinski definition) is 3. The average Bonchev–Trinajstić information content (AvgIpc) is 2.63. The minimum atomic E-state index is -0.547. The van der Waals surface area contributed by atoms with Crippen molar-refractivity contribution < 1.29 is 14.3 Å². The molecule has 26 heavy (non-hydrogen) atoms. The molecule has 0 spiro atoms. The van der Waals surface area contributed by atoms with Crippen LogP contribution in [0.25, 0.3) is 0 Å². The fraction of sp³-hybridized carbons (Fsp3) is 0.435. The Balaban J connectivity index is 1.91. The molecular weight excluding hydrogens is 324 g/mol. The maximum atomic E-state index is 12.3. The van der Waals surface area contributed by atoms with Gasteiger partial charge in [0.1, 0.15) is 12.2 Å². The van der Waals surface area contributed by atoms with Gasteiger partial charge in [0.25, 0.3) is 0 Å². The van der Waals surface area contributed by atoms with E-state index in [1.807, 2.05) is 36.4 Å². The maximum Gasteiger partial charge on any atom is 0.508 e. The van der Waals surface area contributed by atoms with Crippen molar-refractivity contribution in [3.05, 3.63) is 71.8 Å². The lowest BCUT2D eigenvalue weighted by Crippen LogP contribution is -2.26. The molecule has 0 aliphatic carbocycles. The zero-order valence-corrected chi connectivity index (χ0v) is 15.9. The fourth-order valence-electron chi connectivity index (χ4n) is 3.10. The molecule has 2 aromatic carbocycles.